The molecule has 178 valence electrons. The Hall–Kier alpha value is -1.66. The summed E-state index contributed by atoms with van der Waals surface area (Å²) in [6.07, 6.45) is 11.3. The molecule has 32 heavy (non-hydrogen) atoms. The minimum atomic E-state index is -1.30. The fraction of sp³-hybridized carbons (Fsp3) is 0.769. The Morgan fingerprint density at radius 3 is 2.47 bits per heavy atom. The number of rotatable bonds is 7. The summed E-state index contributed by atoms with van der Waals surface area (Å²) in [5.74, 6) is 0.220. The van der Waals surface area contributed by atoms with E-state index in [1.807, 2.05) is 13.0 Å². The monoisotopic (exact) mass is 446 g/mol. The van der Waals surface area contributed by atoms with Gasteiger partial charge >= 0.3 is 11.9 Å². The Kier molecular flexibility index (Phi) is 6.83. The number of aliphatic hydroxyl groups excluding tert-OH is 2. The van der Waals surface area contributed by atoms with Gasteiger partial charge < -0.3 is 19.7 Å². The van der Waals surface area contributed by atoms with Crippen LogP contribution in [0.25, 0.3) is 0 Å². The van der Waals surface area contributed by atoms with Gasteiger partial charge in [0.25, 0.3) is 0 Å². The van der Waals surface area contributed by atoms with Gasteiger partial charge in [0.05, 0.1) is 10.8 Å². The Morgan fingerprint density at radius 1 is 1.06 bits per heavy atom. The molecule has 4 aliphatic rings. The molecule has 0 aromatic rings. The minimum Gasteiger partial charge on any atom is -0.462 e. The molecule has 4 aliphatic carbocycles. The van der Waals surface area contributed by atoms with E-state index < -0.39 is 23.0 Å². The van der Waals surface area contributed by atoms with Crippen molar-refractivity contribution in [2.24, 2.45) is 22.7 Å². The zero-order valence-corrected chi connectivity index (χ0v) is 19.5. The van der Waals surface area contributed by atoms with Crippen LogP contribution < -0.4 is 0 Å². The number of carbonyl (C=O) groups is 2. The average molecular weight is 447 g/mol. The van der Waals surface area contributed by atoms with Gasteiger partial charge in [-0.05, 0) is 83.0 Å². The summed E-state index contributed by atoms with van der Waals surface area (Å²) in [6.45, 7) is 3.41. The van der Waals surface area contributed by atoms with Crippen molar-refractivity contribution in [3.8, 4) is 0 Å². The maximum absolute atomic E-state index is 12.9. The van der Waals surface area contributed by atoms with Crippen LogP contribution >= 0.6 is 0 Å². The van der Waals surface area contributed by atoms with E-state index in [9.17, 15) is 19.8 Å². The quantitative estimate of drug-likeness (QED) is 0.456. The van der Waals surface area contributed by atoms with E-state index in [0.29, 0.717) is 11.8 Å². The highest BCUT2D eigenvalue weighted by molar-refractivity contribution is 5.79. The SMILES string of the molecule is CC1C=C2CCCC(C(=O)OCC(O)C(O)COC(=O)C3(C)C=C4CCCC(C4)C3)(C2)C1. The van der Waals surface area contributed by atoms with Crippen molar-refractivity contribution in [2.45, 2.75) is 90.3 Å². The van der Waals surface area contributed by atoms with Crippen LogP contribution in [0.2, 0.25) is 0 Å². The molecule has 0 aromatic carbocycles. The van der Waals surface area contributed by atoms with Crippen LogP contribution in [0.3, 0.4) is 0 Å². The topological polar surface area (TPSA) is 93.1 Å². The van der Waals surface area contributed by atoms with Crippen molar-refractivity contribution in [2.75, 3.05) is 13.2 Å². The molecular weight excluding hydrogens is 408 g/mol. The second-order valence-corrected chi connectivity index (χ2v) is 11.0. The average Bonchev–Trinajstić information content (AvgIpc) is 2.74. The van der Waals surface area contributed by atoms with E-state index in [-0.39, 0.29) is 25.2 Å². The standard InChI is InChI=1S/C26H38O6/c1-17-9-18-7-4-8-26(11-17,14-18)24(30)32-16-22(28)21(27)15-31-23(29)25(2)12-19-5-3-6-20(10-19)13-25/h9,12,17,20-22,27-28H,3-8,10-11,13-16H2,1-2H3. The smallest absolute Gasteiger partial charge is 0.315 e. The maximum Gasteiger partial charge on any atom is 0.315 e. The number of ether oxygens (including phenoxy) is 2. The first-order valence-electron chi connectivity index (χ1n) is 12.3. The van der Waals surface area contributed by atoms with Gasteiger partial charge in [-0.3, -0.25) is 9.59 Å². The number of aliphatic hydroxyl groups is 2. The van der Waals surface area contributed by atoms with Crippen LogP contribution in [0.1, 0.15) is 78.1 Å². The summed E-state index contributed by atoms with van der Waals surface area (Å²) in [4.78, 5) is 25.6. The van der Waals surface area contributed by atoms with E-state index in [1.165, 1.54) is 17.6 Å². The van der Waals surface area contributed by atoms with Crippen LogP contribution in [-0.4, -0.2) is 47.6 Å². The first-order chi connectivity index (χ1) is 15.2. The molecule has 4 rings (SSSR count). The molecule has 2 fully saturated rings. The molecule has 2 saturated carbocycles. The van der Waals surface area contributed by atoms with Gasteiger partial charge in [0.15, 0.2) is 0 Å². The second kappa shape index (κ2) is 9.30. The van der Waals surface area contributed by atoms with Crippen molar-refractivity contribution in [1.82, 2.24) is 0 Å². The first-order valence-corrected chi connectivity index (χ1v) is 12.3. The Morgan fingerprint density at radius 2 is 1.75 bits per heavy atom. The van der Waals surface area contributed by atoms with E-state index in [0.717, 1.165) is 57.8 Å². The van der Waals surface area contributed by atoms with Gasteiger partial charge in [-0.1, -0.05) is 30.2 Å². The molecule has 6 atom stereocenters. The van der Waals surface area contributed by atoms with Crippen LogP contribution in [0.4, 0.5) is 0 Å². The molecule has 2 N–H and O–H groups in total. The predicted molar refractivity (Wildman–Crippen MR) is 119 cm³/mol. The molecule has 0 aromatic heterocycles. The summed E-state index contributed by atoms with van der Waals surface area (Å²) in [6, 6.07) is 0. The van der Waals surface area contributed by atoms with Gasteiger partial charge in [-0.2, -0.15) is 0 Å². The molecule has 0 saturated heterocycles. The lowest BCUT2D eigenvalue weighted by molar-refractivity contribution is -0.168. The highest BCUT2D eigenvalue weighted by atomic mass is 16.6. The minimum absolute atomic E-state index is 0.286. The molecule has 4 bridgehead atoms. The van der Waals surface area contributed by atoms with E-state index >= 15 is 0 Å². The van der Waals surface area contributed by atoms with Gasteiger partial charge in [0.2, 0.25) is 0 Å². The molecule has 6 nitrogen and oxygen atoms in total. The van der Waals surface area contributed by atoms with Crippen LogP contribution in [0.5, 0.6) is 0 Å². The zero-order chi connectivity index (χ0) is 22.9. The van der Waals surface area contributed by atoms with Crippen molar-refractivity contribution < 1.29 is 29.3 Å². The molecule has 0 amide bonds. The lowest BCUT2D eigenvalue weighted by Crippen LogP contribution is -2.43. The summed E-state index contributed by atoms with van der Waals surface area (Å²) >= 11 is 0. The molecule has 0 aliphatic heterocycles. The molecular formula is C26H38O6. The van der Waals surface area contributed by atoms with Crippen LogP contribution in [-0.2, 0) is 19.1 Å². The van der Waals surface area contributed by atoms with Crippen molar-refractivity contribution in [3.63, 3.8) is 0 Å². The predicted octanol–water partition coefficient (Wildman–Crippen LogP) is 3.85. The first kappa shape index (κ1) is 23.5. The fourth-order valence-corrected chi connectivity index (χ4v) is 6.53. The Labute approximate surface area is 191 Å². The molecule has 0 spiro atoms. The zero-order valence-electron chi connectivity index (χ0n) is 19.5. The number of esters is 2. The highest BCUT2D eigenvalue weighted by Gasteiger charge is 2.46. The van der Waals surface area contributed by atoms with Crippen LogP contribution in [0, 0.1) is 22.7 Å². The van der Waals surface area contributed by atoms with Gasteiger partial charge in [-0.25, -0.2) is 0 Å². The lowest BCUT2D eigenvalue weighted by Gasteiger charge is -2.41. The van der Waals surface area contributed by atoms with Crippen molar-refractivity contribution >= 4 is 11.9 Å². The van der Waals surface area contributed by atoms with E-state index in [2.05, 4.69) is 13.0 Å². The number of carbonyl (C=O) groups excluding carboxylic acids is 2. The normalized spacial score (nSPS) is 35.8. The van der Waals surface area contributed by atoms with E-state index in [1.54, 1.807) is 0 Å². The van der Waals surface area contributed by atoms with Crippen molar-refractivity contribution in [3.05, 3.63) is 23.3 Å². The molecule has 0 radical (unpaired) electrons. The van der Waals surface area contributed by atoms with Gasteiger partial charge in [0.1, 0.15) is 25.4 Å². The third-order valence-corrected chi connectivity index (χ3v) is 7.96. The van der Waals surface area contributed by atoms with Crippen LogP contribution in [0.15, 0.2) is 23.3 Å². The summed E-state index contributed by atoms with van der Waals surface area (Å²) in [7, 11) is 0. The second-order valence-electron chi connectivity index (χ2n) is 11.0. The Bertz CT molecular complexity index is 800. The number of hydrogen-bond acceptors (Lipinski definition) is 6. The van der Waals surface area contributed by atoms with Gasteiger partial charge in [-0.15, -0.1) is 0 Å². The van der Waals surface area contributed by atoms with Gasteiger partial charge in [0, 0.05) is 0 Å². The summed E-state index contributed by atoms with van der Waals surface area (Å²) in [5, 5.41) is 20.6. The Balaban J connectivity index is 1.25. The fourth-order valence-electron chi connectivity index (χ4n) is 6.53. The largest absolute Gasteiger partial charge is 0.462 e. The third kappa shape index (κ3) is 4.96. The number of allylic oxidation sites excluding steroid dienone is 3. The maximum atomic E-state index is 12.9. The summed E-state index contributed by atoms with van der Waals surface area (Å²) < 4.78 is 10.8. The molecule has 6 unspecified atom stereocenters. The van der Waals surface area contributed by atoms with E-state index in [4.69, 9.17) is 9.47 Å². The summed E-state index contributed by atoms with van der Waals surface area (Å²) in [5.41, 5.74) is 1.49. The number of hydrogen-bond donors (Lipinski definition) is 2. The molecule has 6 heteroatoms. The highest BCUT2D eigenvalue weighted by Crippen LogP contribution is 2.49. The lowest BCUT2D eigenvalue weighted by atomic mass is 9.64. The number of fused-ring (bicyclic) bond motifs is 4. The third-order valence-electron chi connectivity index (χ3n) is 7.96. The van der Waals surface area contributed by atoms with Crippen molar-refractivity contribution in [1.29, 1.82) is 0 Å². The molecule has 0 heterocycles.